The Morgan fingerprint density at radius 2 is 1.11 bits per heavy atom. The van der Waals surface area contributed by atoms with Gasteiger partial charge in [0.05, 0.1) is 19.8 Å². The zero-order valence-corrected chi connectivity index (χ0v) is 24.6. The lowest BCUT2D eigenvalue weighted by Crippen LogP contribution is -1.95. The Hall–Kier alpha value is -2.13. The number of rotatable bonds is 21. The van der Waals surface area contributed by atoms with Crippen molar-refractivity contribution in [2.45, 2.75) is 110 Å². The van der Waals surface area contributed by atoms with Crippen LogP contribution in [-0.2, 0) is 6.42 Å². The maximum absolute atomic E-state index is 5.66. The lowest BCUT2D eigenvalue weighted by atomic mass is 10.0. The summed E-state index contributed by atoms with van der Waals surface area (Å²) in [6.45, 7) is 2.29. The van der Waals surface area contributed by atoms with Gasteiger partial charge in [0.25, 0.3) is 0 Å². The van der Waals surface area contributed by atoms with E-state index in [1.54, 1.807) is 14.2 Å². The van der Waals surface area contributed by atoms with Crippen molar-refractivity contribution in [3.8, 4) is 11.5 Å². The molecule has 2 rings (SSSR count). The number of allylic oxidation sites excluding steroid dienone is 1. The van der Waals surface area contributed by atoms with Crippen LogP contribution in [-0.4, -0.2) is 19.1 Å². The molecule has 37 heavy (non-hydrogen) atoms. The molecule has 0 aliphatic rings. The summed E-state index contributed by atoms with van der Waals surface area (Å²) in [5.41, 5.74) is 3.37. The second-order valence-electron chi connectivity index (χ2n) is 10.2. The number of aryl methyl sites for hydroxylation is 1. The number of unbranched alkanes of at least 4 members (excludes halogenated alkanes) is 14. The molecule has 0 aliphatic carbocycles. The number of benzene rings is 2. The van der Waals surface area contributed by atoms with Crippen LogP contribution in [0.2, 0.25) is 0 Å². The topological polar surface area (TPSA) is 18.5 Å². The molecule has 2 aromatic carbocycles. The first kappa shape index (κ1) is 31.1. The lowest BCUT2D eigenvalue weighted by Gasteiger charge is -2.09. The van der Waals surface area contributed by atoms with Crippen molar-refractivity contribution in [2.75, 3.05) is 14.2 Å². The van der Waals surface area contributed by atoms with E-state index in [-0.39, 0.29) is 0 Å². The van der Waals surface area contributed by atoms with E-state index in [9.17, 15) is 0 Å². The first-order valence-electron chi connectivity index (χ1n) is 14.7. The van der Waals surface area contributed by atoms with Gasteiger partial charge >= 0.3 is 0 Å². The van der Waals surface area contributed by atoms with Crippen molar-refractivity contribution in [3.05, 3.63) is 65.2 Å². The molecule has 0 fully saturated rings. The summed E-state index contributed by atoms with van der Waals surface area (Å²) in [7, 11) is 3.34. The summed E-state index contributed by atoms with van der Waals surface area (Å²) in [6.07, 6.45) is 26.2. The van der Waals surface area contributed by atoms with E-state index >= 15 is 0 Å². The summed E-state index contributed by atoms with van der Waals surface area (Å²) >= 11 is 5.66. The summed E-state index contributed by atoms with van der Waals surface area (Å²) in [5.74, 6) is 1.55. The molecule has 0 saturated carbocycles. The van der Waals surface area contributed by atoms with E-state index in [1.165, 1.54) is 102 Å². The van der Waals surface area contributed by atoms with Crippen molar-refractivity contribution in [3.63, 3.8) is 0 Å². The predicted molar refractivity (Wildman–Crippen MR) is 165 cm³/mol. The summed E-state index contributed by atoms with van der Waals surface area (Å²) in [4.78, 5) is 0.812. The fraction of sp³-hybridized carbons (Fsp3) is 0.559. The lowest BCUT2D eigenvalue weighted by molar-refractivity contribution is 0.392. The maximum Gasteiger partial charge on any atom is 0.129 e. The molecule has 3 heteroatoms. The molecule has 0 atom stereocenters. The minimum absolute atomic E-state index is 0.775. The van der Waals surface area contributed by atoms with E-state index in [2.05, 4.69) is 31.2 Å². The molecule has 0 saturated heterocycles. The molecule has 0 N–H and O–H groups in total. The Bertz CT molecular complexity index is 878. The van der Waals surface area contributed by atoms with Crippen molar-refractivity contribution < 1.29 is 9.47 Å². The number of hydrogen-bond acceptors (Lipinski definition) is 3. The normalized spacial score (nSPS) is 11.2. The Balaban J connectivity index is 1.57. The van der Waals surface area contributed by atoms with Crippen LogP contribution >= 0.6 is 12.2 Å². The minimum atomic E-state index is 0.775. The van der Waals surface area contributed by atoms with Gasteiger partial charge in [-0.2, -0.15) is 0 Å². The van der Waals surface area contributed by atoms with Crippen LogP contribution < -0.4 is 9.47 Å². The number of ether oxygens (including phenoxy) is 2. The van der Waals surface area contributed by atoms with Gasteiger partial charge in [-0.1, -0.05) is 139 Å². The van der Waals surface area contributed by atoms with Crippen LogP contribution in [0, 0.1) is 0 Å². The number of thiocarbonyl (C=S) groups is 1. The van der Waals surface area contributed by atoms with Crippen molar-refractivity contribution >= 4 is 23.2 Å². The largest absolute Gasteiger partial charge is 0.496 e. The molecular formula is C34H50O2S. The molecule has 0 heterocycles. The summed E-state index contributed by atoms with van der Waals surface area (Å²) in [6, 6.07) is 14.5. The average Bonchev–Trinajstić information content (AvgIpc) is 2.93. The van der Waals surface area contributed by atoms with Crippen LogP contribution in [0.25, 0.3) is 6.08 Å². The first-order chi connectivity index (χ1) is 18.2. The summed E-state index contributed by atoms with van der Waals surface area (Å²) in [5, 5.41) is 0. The molecule has 0 amide bonds. The van der Waals surface area contributed by atoms with E-state index in [0.29, 0.717) is 0 Å². The highest BCUT2D eigenvalue weighted by atomic mass is 32.1. The van der Waals surface area contributed by atoms with Crippen molar-refractivity contribution in [2.24, 2.45) is 0 Å². The molecule has 0 radical (unpaired) electrons. The highest BCUT2D eigenvalue weighted by Gasteiger charge is 2.07. The second kappa shape index (κ2) is 19.9. The Kier molecular flexibility index (Phi) is 16.7. The fourth-order valence-electron chi connectivity index (χ4n) is 4.84. The SMILES string of the molecule is CCCCCCCCCCCCCCCCCc1ccc(C(=S)C=Cc2c(OC)cccc2OC)cc1. The highest BCUT2D eigenvalue weighted by Crippen LogP contribution is 2.29. The van der Waals surface area contributed by atoms with E-state index in [1.807, 2.05) is 30.4 Å². The van der Waals surface area contributed by atoms with Gasteiger partial charge < -0.3 is 9.47 Å². The minimum Gasteiger partial charge on any atom is -0.496 e. The van der Waals surface area contributed by atoms with Gasteiger partial charge in [0.15, 0.2) is 0 Å². The van der Waals surface area contributed by atoms with Crippen molar-refractivity contribution in [1.82, 2.24) is 0 Å². The fourth-order valence-corrected chi connectivity index (χ4v) is 5.04. The predicted octanol–water partition coefficient (Wildman–Crippen LogP) is 10.5. The smallest absolute Gasteiger partial charge is 0.129 e. The third-order valence-electron chi connectivity index (χ3n) is 7.17. The molecule has 0 aromatic heterocycles. The summed E-state index contributed by atoms with van der Waals surface area (Å²) < 4.78 is 10.9. The van der Waals surface area contributed by atoms with Crippen LogP contribution in [0.5, 0.6) is 11.5 Å². The van der Waals surface area contributed by atoms with Gasteiger partial charge in [0, 0.05) is 4.86 Å². The molecule has 0 bridgehead atoms. The van der Waals surface area contributed by atoms with Gasteiger partial charge in [-0.3, -0.25) is 0 Å². The van der Waals surface area contributed by atoms with Gasteiger partial charge in [-0.05, 0) is 48.3 Å². The van der Waals surface area contributed by atoms with E-state index in [0.717, 1.165) is 33.9 Å². The average molecular weight is 523 g/mol. The number of hydrogen-bond donors (Lipinski definition) is 0. The zero-order chi connectivity index (χ0) is 26.6. The molecule has 0 spiro atoms. The molecule has 2 nitrogen and oxygen atoms in total. The molecular weight excluding hydrogens is 472 g/mol. The van der Waals surface area contributed by atoms with Gasteiger partial charge in [0.2, 0.25) is 0 Å². The quantitative estimate of drug-likeness (QED) is 0.0703. The Morgan fingerprint density at radius 3 is 1.57 bits per heavy atom. The van der Waals surface area contributed by atoms with Crippen molar-refractivity contribution in [1.29, 1.82) is 0 Å². The standard InChI is InChI=1S/C34H50O2S/c1-4-5-6-7-8-9-10-11-12-13-14-15-16-17-18-20-29-23-25-30(26-24-29)34(37)28-27-31-32(35-2)21-19-22-33(31)36-3/h19,21-28H,4-18,20H2,1-3H3. The van der Waals surface area contributed by atoms with Crippen LogP contribution in [0.1, 0.15) is 120 Å². The van der Waals surface area contributed by atoms with Gasteiger partial charge in [-0.15, -0.1) is 0 Å². The van der Waals surface area contributed by atoms with E-state index < -0.39 is 0 Å². The monoisotopic (exact) mass is 522 g/mol. The molecule has 0 unspecified atom stereocenters. The van der Waals surface area contributed by atoms with E-state index in [4.69, 9.17) is 21.7 Å². The second-order valence-corrected chi connectivity index (χ2v) is 10.6. The number of methoxy groups -OCH3 is 2. The van der Waals surface area contributed by atoms with Gasteiger partial charge in [-0.25, -0.2) is 0 Å². The highest BCUT2D eigenvalue weighted by molar-refractivity contribution is 7.81. The molecule has 204 valence electrons. The Morgan fingerprint density at radius 1 is 0.649 bits per heavy atom. The third-order valence-corrected chi connectivity index (χ3v) is 7.55. The van der Waals surface area contributed by atoms with Crippen LogP contribution in [0.4, 0.5) is 0 Å². The molecule has 2 aromatic rings. The van der Waals surface area contributed by atoms with Gasteiger partial charge in [0.1, 0.15) is 11.5 Å². The maximum atomic E-state index is 5.66. The zero-order valence-electron chi connectivity index (χ0n) is 23.7. The Labute approximate surface area is 232 Å². The third kappa shape index (κ3) is 12.8. The van der Waals surface area contributed by atoms with Crippen LogP contribution in [0.15, 0.2) is 48.5 Å². The van der Waals surface area contributed by atoms with Crippen LogP contribution in [0.3, 0.4) is 0 Å². The molecule has 0 aliphatic heterocycles. The first-order valence-corrected chi connectivity index (χ1v) is 15.1.